The van der Waals surface area contributed by atoms with Gasteiger partial charge < -0.3 is 0 Å². The van der Waals surface area contributed by atoms with Crippen LogP contribution in [0.1, 0.15) is 0 Å². The number of carbonyl (C=O) groups is 2. The van der Waals surface area contributed by atoms with Gasteiger partial charge in [0.1, 0.15) is 0 Å². The van der Waals surface area contributed by atoms with Crippen molar-refractivity contribution in [3.05, 3.63) is 0 Å². The van der Waals surface area contributed by atoms with E-state index in [4.69, 9.17) is 11.6 Å². The molecule has 2 heterocycles. The number of imide groups is 1. The summed E-state index contributed by atoms with van der Waals surface area (Å²) < 4.78 is 0. The summed E-state index contributed by atoms with van der Waals surface area (Å²) in [7, 11) is 2.94. The van der Waals surface area contributed by atoms with Crippen molar-refractivity contribution in [3.8, 4) is 0 Å². The smallest absolute Gasteiger partial charge is 0.299 e. The van der Waals surface area contributed by atoms with Crippen LogP contribution in [0.15, 0.2) is 9.98 Å². The fraction of sp³-hybridized carbons (Fsp3) is 0.429. The molecule has 1 saturated heterocycles. The van der Waals surface area contributed by atoms with E-state index in [1.807, 2.05) is 0 Å². The molecular formula is C7H7ClN4O2. The molecule has 0 aliphatic carbocycles. The monoisotopic (exact) mass is 214 g/mol. The molecule has 1 atom stereocenters. The average molecular weight is 215 g/mol. The Bertz CT molecular complexity index is 389. The van der Waals surface area contributed by atoms with Crippen molar-refractivity contribution >= 4 is 34.5 Å². The van der Waals surface area contributed by atoms with E-state index in [2.05, 4.69) is 9.98 Å². The van der Waals surface area contributed by atoms with E-state index in [0.717, 1.165) is 4.90 Å². The van der Waals surface area contributed by atoms with E-state index in [9.17, 15) is 9.59 Å². The molecule has 0 radical (unpaired) electrons. The van der Waals surface area contributed by atoms with E-state index in [0.29, 0.717) is 0 Å². The lowest BCUT2D eigenvalue weighted by atomic mass is 10.2. The molecule has 0 saturated carbocycles. The Morgan fingerprint density at radius 3 is 2.64 bits per heavy atom. The SMILES string of the molecule is CN1C(=O)C2=NC(Cl)=NC2N(C)C1=O. The summed E-state index contributed by atoms with van der Waals surface area (Å²) in [6.45, 7) is 0. The average Bonchev–Trinajstić information content (AvgIpc) is 2.54. The van der Waals surface area contributed by atoms with Crippen LogP contribution in [0, 0.1) is 0 Å². The Morgan fingerprint density at radius 2 is 2.00 bits per heavy atom. The third-order valence-corrected chi connectivity index (χ3v) is 2.35. The van der Waals surface area contributed by atoms with Gasteiger partial charge in [-0.05, 0) is 11.6 Å². The van der Waals surface area contributed by atoms with Crippen LogP contribution in [0.3, 0.4) is 0 Å². The van der Waals surface area contributed by atoms with Crippen LogP contribution in [-0.2, 0) is 4.79 Å². The van der Waals surface area contributed by atoms with Crippen molar-refractivity contribution in [2.24, 2.45) is 9.98 Å². The van der Waals surface area contributed by atoms with Gasteiger partial charge in [0.25, 0.3) is 5.91 Å². The highest BCUT2D eigenvalue weighted by atomic mass is 35.5. The number of fused-ring (bicyclic) bond motifs is 1. The minimum Gasteiger partial charge on any atom is -0.299 e. The van der Waals surface area contributed by atoms with E-state index in [1.165, 1.54) is 11.9 Å². The van der Waals surface area contributed by atoms with Crippen molar-refractivity contribution in [2.45, 2.75) is 6.17 Å². The minimum atomic E-state index is -0.654. The van der Waals surface area contributed by atoms with Crippen LogP contribution in [0.25, 0.3) is 0 Å². The van der Waals surface area contributed by atoms with Gasteiger partial charge in [0.2, 0.25) is 5.29 Å². The van der Waals surface area contributed by atoms with Crippen LogP contribution in [-0.4, -0.2) is 53.0 Å². The predicted molar refractivity (Wildman–Crippen MR) is 50.4 cm³/mol. The van der Waals surface area contributed by atoms with E-state index >= 15 is 0 Å². The highest BCUT2D eigenvalue weighted by Crippen LogP contribution is 2.19. The number of rotatable bonds is 0. The van der Waals surface area contributed by atoms with Crippen molar-refractivity contribution in [1.29, 1.82) is 0 Å². The van der Waals surface area contributed by atoms with Crippen LogP contribution in [0.4, 0.5) is 4.79 Å². The van der Waals surface area contributed by atoms with Gasteiger partial charge in [0, 0.05) is 14.1 Å². The van der Waals surface area contributed by atoms with Gasteiger partial charge >= 0.3 is 6.03 Å². The van der Waals surface area contributed by atoms with Crippen molar-refractivity contribution in [2.75, 3.05) is 14.1 Å². The maximum Gasteiger partial charge on any atom is 0.328 e. The molecule has 1 fully saturated rings. The molecule has 3 amide bonds. The van der Waals surface area contributed by atoms with E-state index in [1.54, 1.807) is 7.05 Å². The molecule has 2 aliphatic rings. The molecular weight excluding hydrogens is 208 g/mol. The topological polar surface area (TPSA) is 65.3 Å². The summed E-state index contributed by atoms with van der Waals surface area (Å²) in [4.78, 5) is 32.9. The molecule has 74 valence electrons. The number of urea groups is 1. The van der Waals surface area contributed by atoms with Crippen LogP contribution < -0.4 is 0 Å². The first-order chi connectivity index (χ1) is 6.52. The fourth-order valence-corrected chi connectivity index (χ4v) is 1.56. The number of nitrogens with zero attached hydrogens (tertiary/aromatic N) is 4. The Morgan fingerprint density at radius 1 is 1.36 bits per heavy atom. The highest BCUT2D eigenvalue weighted by Gasteiger charge is 2.42. The third kappa shape index (κ3) is 1.04. The minimum absolute atomic E-state index is 0.00769. The molecule has 2 rings (SSSR count). The largest absolute Gasteiger partial charge is 0.328 e. The summed E-state index contributed by atoms with van der Waals surface area (Å²) in [5, 5.41) is 0.00769. The van der Waals surface area contributed by atoms with Gasteiger partial charge in [-0.1, -0.05) is 0 Å². The standard InChI is InChI=1S/C7H7ClN4O2/c1-11-4-3(9-6(8)10-4)5(13)12(2)7(11)14/h4H,1-2H3. The lowest BCUT2D eigenvalue weighted by Crippen LogP contribution is -2.58. The number of hydrogen-bond acceptors (Lipinski definition) is 4. The number of aliphatic imine (C=N–C) groups is 2. The number of amides is 3. The summed E-state index contributed by atoms with van der Waals surface area (Å²) in [6, 6.07) is -0.408. The molecule has 7 heteroatoms. The zero-order chi connectivity index (χ0) is 10.5. The first kappa shape index (κ1) is 9.14. The second-order valence-electron chi connectivity index (χ2n) is 3.03. The van der Waals surface area contributed by atoms with Crippen LogP contribution >= 0.6 is 11.6 Å². The second-order valence-corrected chi connectivity index (χ2v) is 3.36. The first-order valence-corrected chi connectivity index (χ1v) is 4.27. The van der Waals surface area contributed by atoms with Gasteiger partial charge in [-0.2, -0.15) is 0 Å². The fourth-order valence-electron chi connectivity index (χ4n) is 1.38. The molecule has 14 heavy (non-hydrogen) atoms. The summed E-state index contributed by atoms with van der Waals surface area (Å²) in [5.74, 6) is -0.447. The lowest BCUT2D eigenvalue weighted by Gasteiger charge is -2.32. The van der Waals surface area contributed by atoms with Crippen molar-refractivity contribution < 1.29 is 9.59 Å². The Labute approximate surface area is 84.9 Å². The molecule has 0 aromatic carbocycles. The quantitative estimate of drug-likeness (QED) is 0.528. The zero-order valence-corrected chi connectivity index (χ0v) is 8.32. The van der Waals surface area contributed by atoms with Gasteiger partial charge in [-0.3, -0.25) is 14.6 Å². The number of hydrogen-bond donors (Lipinski definition) is 0. The highest BCUT2D eigenvalue weighted by molar-refractivity contribution is 6.68. The number of carbonyl (C=O) groups excluding carboxylic acids is 2. The summed E-state index contributed by atoms with van der Waals surface area (Å²) in [5.41, 5.74) is 0.194. The van der Waals surface area contributed by atoms with E-state index in [-0.39, 0.29) is 11.0 Å². The van der Waals surface area contributed by atoms with Gasteiger partial charge in [-0.25, -0.2) is 14.8 Å². The first-order valence-electron chi connectivity index (χ1n) is 3.89. The van der Waals surface area contributed by atoms with Crippen molar-refractivity contribution in [3.63, 3.8) is 0 Å². The molecule has 6 nitrogen and oxygen atoms in total. The van der Waals surface area contributed by atoms with Crippen molar-refractivity contribution in [1.82, 2.24) is 9.80 Å². The Hall–Kier alpha value is -1.43. The molecule has 2 aliphatic heterocycles. The molecule has 0 spiro atoms. The second kappa shape index (κ2) is 2.78. The predicted octanol–water partition coefficient (Wildman–Crippen LogP) is -0.114. The normalized spacial score (nSPS) is 26.4. The Kier molecular flexibility index (Phi) is 1.81. The third-order valence-electron chi connectivity index (χ3n) is 2.17. The maximum absolute atomic E-state index is 11.5. The number of amidine groups is 1. The van der Waals surface area contributed by atoms with E-state index < -0.39 is 18.1 Å². The lowest BCUT2D eigenvalue weighted by molar-refractivity contribution is -0.122. The van der Waals surface area contributed by atoms with Crippen LogP contribution in [0.5, 0.6) is 0 Å². The summed E-state index contributed by atoms with van der Waals surface area (Å²) >= 11 is 5.57. The zero-order valence-electron chi connectivity index (χ0n) is 7.56. The maximum atomic E-state index is 11.5. The van der Waals surface area contributed by atoms with Crippen LogP contribution in [0.2, 0.25) is 0 Å². The molecule has 0 bridgehead atoms. The van der Waals surface area contributed by atoms with Gasteiger partial charge in [0.15, 0.2) is 11.9 Å². The van der Waals surface area contributed by atoms with Gasteiger partial charge in [0.05, 0.1) is 0 Å². The summed E-state index contributed by atoms with van der Waals surface area (Å²) in [6.07, 6.45) is -0.654. The van der Waals surface area contributed by atoms with Gasteiger partial charge in [-0.15, -0.1) is 0 Å². The molecule has 0 aromatic heterocycles. The molecule has 1 unspecified atom stereocenters. The number of halogens is 1. The molecule has 0 aromatic rings. The molecule has 0 N–H and O–H groups in total. The Balaban J connectivity index is 2.44.